The molecule has 0 amide bonds. The van der Waals surface area contributed by atoms with Gasteiger partial charge >= 0.3 is 0 Å². The van der Waals surface area contributed by atoms with Crippen molar-refractivity contribution in [3.8, 4) is 0 Å². The largest absolute Gasteiger partial charge is 0.317 e. The lowest BCUT2D eigenvalue weighted by Crippen LogP contribution is -2.54. The molecule has 0 radical (unpaired) electrons. The van der Waals surface area contributed by atoms with Gasteiger partial charge in [0, 0.05) is 12.8 Å². The van der Waals surface area contributed by atoms with Crippen LogP contribution in [0.2, 0.25) is 0 Å². The Morgan fingerprint density at radius 1 is 1.09 bits per heavy atom. The quantitative estimate of drug-likeness (QED) is 0.367. The Morgan fingerprint density at radius 3 is 2.00 bits per heavy atom. The van der Waals surface area contributed by atoms with E-state index in [0.29, 0.717) is 0 Å². The number of fused-ring (bicyclic) bond motifs is 2. The Labute approximate surface area is 69.3 Å². The van der Waals surface area contributed by atoms with E-state index in [0.717, 1.165) is 18.0 Å². The van der Waals surface area contributed by atoms with Gasteiger partial charge < -0.3 is 4.48 Å². The van der Waals surface area contributed by atoms with Crippen molar-refractivity contribution in [2.45, 2.75) is 31.8 Å². The molecule has 1 heteroatoms. The Bertz CT molecular complexity index is 175. The number of likely N-dealkylation sites (N-methyl/N-ethyl adjacent to an activating group) is 1. The maximum atomic E-state index is 2.42. The predicted octanol–water partition coefficient (Wildman–Crippen LogP) is 1.80. The van der Waals surface area contributed by atoms with Crippen LogP contribution < -0.4 is 0 Å². The van der Waals surface area contributed by atoms with Gasteiger partial charge in [0.15, 0.2) is 0 Å². The fraction of sp³-hybridized carbons (Fsp3) is 0.800. The minimum absolute atomic E-state index is 0.809. The molecule has 2 heterocycles. The summed E-state index contributed by atoms with van der Waals surface area (Å²) >= 11 is 0. The molecule has 1 nitrogen and oxygen atoms in total. The van der Waals surface area contributed by atoms with Crippen LogP contribution in [0.3, 0.4) is 0 Å². The lowest BCUT2D eigenvalue weighted by Gasteiger charge is -2.43. The summed E-state index contributed by atoms with van der Waals surface area (Å²) in [7, 11) is 4.72. The average molecular weight is 152 g/mol. The molecule has 2 rings (SSSR count). The van der Waals surface area contributed by atoms with Gasteiger partial charge in [0.05, 0.1) is 14.1 Å². The van der Waals surface area contributed by atoms with Gasteiger partial charge in [0.2, 0.25) is 0 Å². The third-order valence-electron chi connectivity index (χ3n) is 3.55. The second-order valence-corrected chi connectivity index (χ2v) is 4.73. The van der Waals surface area contributed by atoms with Crippen LogP contribution in [0.1, 0.15) is 19.8 Å². The number of rotatable bonds is 0. The Morgan fingerprint density at radius 2 is 1.55 bits per heavy atom. The molecule has 0 saturated carbocycles. The SMILES string of the molecule is CC1CC2C=CC(C1)[N+]2(C)C. The molecular weight excluding hydrogens is 134 g/mol. The van der Waals surface area contributed by atoms with Crippen molar-refractivity contribution in [2.24, 2.45) is 5.92 Å². The Hall–Kier alpha value is -0.300. The third-order valence-corrected chi connectivity index (χ3v) is 3.55. The molecule has 0 aromatic heterocycles. The van der Waals surface area contributed by atoms with E-state index in [1.54, 1.807) is 0 Å². The van der Waals surface area contributed by atoms with Gasteiger partial charge in [0.1, 0.15) is 12.1 Å². The zero-order chi connectivity index (χ0) is 8.06. The third kappa shape index (κ3) is 0.943. The van der Waals surface area contributed by atoms with Crippen molar-refractivity contribution in [3.63, 3.8) is 0 Å². The summed E-state index contributed by atoms with van der Waals surface area (Å²) in [5, 5.41) is 0. The van der Waals surface area contributed by atoms with Crippen molar-refractivity contribution in [1.29, 1.82) is 0 Å². The monoisotopic (exact) mass is 152 g/mol. The van der Waals surface area contributed by atoms with Crippen LogP contribution in [0.5, 0.6) is 0 Å². The predicted molar refractivity (Wildman–Crippen MR) is 47.2 cm³/mol. The van der Waals surface area contributed by atoms with Crippen molar-refractivity contribution in [2.75, 3.05) is 14.1 Å². The zero-order valence-electron chi connectivity index (χ0n) is 7.75. The molecule has 1 fully saturated rings. The summed E-state index contributed by atoms with van der Waals surface area (Å²) in [6.45, 7) is 2.38. The first kappa shape index (κ1) is 7.35. The van der Waals surface area contributed by atoms with Crippen LogP contribution in [-0.2, 0) is 0 Å². The van der Waals surface area contributed by atoms with Gasteiger partial charge in [-0.05, 0) is 18.1 Å². The summed E-state index contributed by atoms with van der Waals surface area (Å²) in [5.74, 6) is 0.936. The van der Waals surface area contributed by atoms with Crippen molar-refractivity contribution < 1.29 is 4.48 Å². The molecular formula is C10H18N+. The highest BCUT2D eigenvalue weighted by Crippen LogP contribution is 2.37. The number of nitrogens with zero attached hydrogens (tertiary/aromatic N) is 1. The number of piperidine rings is 1. The molecule has 2 atom stereocenters. The lowest BCUT2D eigenvalue weighted by molar-refractivity contribution is -0.926. The highest BCUT2D eigenvalue weighted by Gasteiger charge is 2.43. The molecule has 2 aliphatic rings. The van der Waals surface area contributed by atoms with E-state index in [1.165, 1.54) is 17.3 Å². The Kier molecular flexibility index (Phi) is 1.40. The van der Waals surface area contributed by atoms with Gasteiger partial charge in [-0.3, -0.25) is 0 Å². The number of hydrogen-bond donors (Lipinski definition) is 0. The van der Waals surface area contributed by atoms with E-state index in [1.807, 2.05) is 0 Å². The minimum atomic E-state index is 0.809. The number of quaternary nitrogens is 1. The van der Waals surface area contributed by atoms with Gasteiger partial charge in [-0.25, -0.2) is 0 Å². The molecule has 0 spiro atoms. The van der Waals surface area contributed by atoms with Gasteiger partial charge in [-0.2, -0.15) is 0 Å². The molecule has 0 aliphatic carbocycles. The zero-order valence-corrected chi connectivity index (χ0v) is 7.75. The highest BCUT2D eigenvalue weighted by atomic mass is 15.4. The van der Waals surface area contributed by atoms with Crippen LogP contribution in [0.25, 0.3) is 0 Å². The minimum Gasteiger partial charge on any atom is -0.317 e. The summed E-state index contributed by atoms with van der Waals surface area (Å²) in [6.07, 6.45) is 7.63. The molecule has 2 aliphatic heterocycles. The van der Waals surface area contributed by atoms with Gasteiger partial charge in [0.25, 0.3) is 0 Å². The molecule has 0 aromatic carbocycles. The first-order valence-electron chi connectivity index (χ1n) is 4.62. The summed E-state index contributed by atoms with van der Waals surface area (Å²) in [5.41, 5.74) is 0. The molecule has 0 aromatic rings. The second kappa shape index (κ2) is 2.10. The van der Waals surface area contributed by atoms with E-state index in [2.05, 4.69) is 33.2 Å². The maximum Gasteiger partial charge on any atom is 0.108 e. The average Bonchev–Trinajstić information content (AvgIpc) is 2.19. The Balaban J connectivity index is 2.24. The van der Waals surface area contributed by atoms with Crippen LogP contribution in [0.15, 0.2) is 12.2 Å². The van der Waals surface area contributed by atoms with Gasteiger partial charge in [-0.1, -0.05) is 6.92 Å². The van der Waals surface area contributed by atoms with E-state index in [9.17, 15) is 0 Å². The number of hydrogen-bond acceptors (Lipinski definition) is 0. The van der Waals surface area contributed by atoms with E-state index in [4.69, 9.17) is 0 Å². The normalized spacial score (nSPS) is 46.3. The molecule has 0 N–H and O–H groups in total. The second-order valence-electron chi connectivity index (χ2n) is 4.73. The summed E-state index contributed by atoms with van der Waals surface area (Å²) < 4.78 is 1.21. The van der Waals surface area contributed by atoms with E-state index < -0.39 is 0 Å². The lowest BCUT2D eigenvalue weighted by atomic mass is 9.90. The first-order chi connectivity index (χ1) is 5.10. The van der Waals surface area contributed by atoms with Crippen molar-refractivity contribution in [1.82, 2.24) is 0 Å². The first-order valence-corrected chi connectivity index (χ1v) is 4.62. The topological polar surface area (TPSA) is 0 Å². The molecule has 2 bridgehead atoms. The van der Waals surface area contributed by atoms with E-state index >= 15 is 0 Å². The fourth-order valence-electron chi connectivity index (χ4n) is 2.57. The maximum absolute atomic E-state index is 2.42. The van der Waals surface area contributed by atoms with Crippen molar-refractivity contribution >= 4 is 0 Å². The van der Waals surface area contributed by atoms with Crippen LogP contribution in [-0.4, -0.2) is 30.7 Å². The molecule has 62 valence electrons. The smallest absolute Gasteiger partial charge is 0.108 e. The fourth-order valence-corrected chi connectivity index (χ4v) is 2.57. The highest BCUT2D eigenvalue weighted by molar-refractivity contribution is 5.06. The molecule has 11 heavy (non-hydrogen) atoms. The van der Waals surface area contributed by atoms with Crippen LogP contribution in [0.4, 0.5) is 0 Å². The standard InChI is InChI=1S/C10H18N/c1-8-6-9-4-5-10(7-8)11(9,2)3/h4-5,8-10H,6-7H2,1-3H3/q+1. The van der Waals surface area contributed by atoms with E-state index in [-0.39, 0.29) is 0 Å². The summed E-state index contributed by atoms with van der Waals surface area (Å²) in [6, 6.07) is 1.62. The summed E-state index contributed by atoms with van der Waals surface area (Å²) in [4.78, 5) is 0. The van der Waals surface area contributed by atoms with Crippen LogP contribution >= 0.6 is 0 Å². The molecule has 1 saturated heterocycles. The van der Waals surface area contributed by atoms with Crippen molar-refractivity contribution in [3.05, 3.63) is 12.2 Å². The van der Waals surface area contributed by atoms with Gasteiger partial charge in [-0.15, -0.1) is 0 Å². The molecule has 2 unspecified atom stereocenters. The van der Waals surface area contributed by atoms with Crippen LogP contribution in [0, 0.1) is 5.92 Å².